The molecule has 2 aromatic rings. The Morgan fingerprint density at radius 2 is 2.19 bits per heavy atom. The van der Waals surface area contributed by atoms with E-state index >= 15 is 0 Å². The molecule has 7 heteroatoms. The van der Waals surface area contributed by atoms with Crippen LogP contribution in [0.2, 0.25) is 0 Å². The first-order valence-electron chi connectivity index (χ1n) is 6.50. The van der Waals surface area contributed by atoms with Gasteiger partial charge in [0.15, 0.2) is 5.96 Å². The first-order chi connectivity index (χ1) is 10.3. The molecule has 0 unspecified atom stereocenters. The van der Waals surface area contributed by atoms with Gasteiger partial charge in [-0.25, -0.2) is 4.39 Å². The summed E-state index contributed by atoms with van der Waals surface area (Å²) in [5.74, 6) is 1.23. The smallest absolute Gasteiger partial charge is 0.191 e. The van der Waals surface area contributed by atoms with E-state index in [0.29, 0.717) is 23.9 Å². The molecule has 0 radical (unpaired) electrons. The molecule has 1 aromatic heterocycles. The maximum Gasteiger partial charge on any atom is 0.191 e. The summed E-state index contributed by atoms with van der Waals surface area (Å²) >= 11 is 1.47. The minimum Gasteiger partial charge on any atom is -0.364 e. The third kappa shape index (κ3) is 5.11. The maximum absolute atomic E-state index is 13.4. The molecule has 0 fully saturated rings. The Balaban J connectivity index is 1.68. The van der Waals surface area contributed by atoms with Crippen LogP contribution in [0.5, 0.6) is 0 Å². The number of halogens is 1. The normalized spacial score (nSPS) is 11.4. The predicted octanol–water partition coefficient (Wildman–Crippen LogP) is 2.27. The van der Waals surface area contributed by atoms with Gasteiger partial charge in [0.25, 0.3) is 0 Å². The number of aromatic nitrogens is 1. The van der Waals surface area contributed by atoms with E-state index in [1.165, 1.54) is 24.1 Å². The number of hydrogen-bond acceptors (Lipinski definition) is 4. The SMILES string of the molecule is CN=C(NCCSc1ccccc1F)NCc1ccon1. The summed E-state index contributed by atoms with van der Waals surface area (Å²) in [7, 11) is 1.70. The molecule has 2 N–H and O–H groups in total. The Morgan fingerprint density at radius 1 is 1.33 bits per heavy atom. The van der Waals surface area contributed by atoms with E-state index in [0.717, 1.165) is 11.4 Å². The van der Waals surface area contributed by atoms with E-state index < -0.39 is 0 Å². The molecule has 0 aliphatic carbocycles. The zero-order valence-electron chi connectivity index (χ0n) is 11.7. The van der Waals surface area contributed by atoms with Crippen molar-refractivity contribution < 1.29 is 8.91 Å². The number of nitrogens with zero attached hydrogens (tertiary/aromatic N) is 2. The first-order valence-corrected chi connectivity index (χ1v) is 7.49. The minimum atomic E-state index is -0.184. The highest BCUT2D eigenvalue weighted by molar-refractivity contribution is 7.99. The average molecular weight is 308 g/mol. The summed E-state index contributed by atoms with van der Waals surface area (Å²) in [4.78, 5) is 4.76. The number of rotatable bonds is 6. The summed E-state index contributed by atoms with van der Waals surface area (Å²) in [6.45, 7) is 1.22. The first kappa shape index (κ1) is 15.4. The molecule has 1 aromatic carbocycles. The number of hydrogen-bond donors (Lipinski definition) is 2. The highest BCUT2D eigenvalue weighted by Gasteiger charge is 2.02. The van der Waals surface area contributed by atoms with Gasteiger partial charge >= 0.3 is 0 Å². The molecule has 21 heavy (non-hydrogen) atoms. The topological polar surface area (TPSA) is 62.5 Å². The molecule has 0 aliphatic heterocycles. The van der Waals surface area contributed by atoms with Gasteiger partial charge in [-0.1, -0.05) is 17.3 Å². The van der Waals surface area contributed by atoms with E-state index in [1.54, 1.807) is 25.2 Å². The fraction of sp³-hybridized carbons (Fsp3) is 0.286. The highest BCUT2D eigenvalue weighted by Crippen LogP contribution is 2.20. The van der Waals surface area contributed by atoms with Gasteiger partial charge in [0.05, 0.1) is 6.54 Å². The van der Waals surface area contributed by atoms with Crippen molar-refractivity contribution in [1.82, 2.24) is 15.8 Å². The van der Waals surface area contributed by atoms with E-state index in [2.05, 4.69) is 20.8 Å². The van der Waals surface area contributed by atoms with Crippen LogP contribution in [0.15, 0.2) is 51.0 Å². The van der Waals surface area contributed by atoms with Crippen molar-refractivity contribution in [3.63, 3.8) is 0 Å². The van der Waals surface area contributed by atoms with Crippen LogP contribution in [0, 0.1) is 5.82 Å². The summed E-state index contributed by atoms with van der Waals surface area (Å²) in [6.07, 6.45) is 1.53. The van der Waals surface area contributed by atoms with Crippen LogP contribution in [0.3, 0.4) is 0 Å². The summed E-state index contributed by atoms with van der Waals surface area (Å²) in [5, 5.41) is 10.1. The zero-order valence-corrected chi connectivity index (χ0v) is 12.5. The Hall–Kier alpha value is -2.02. The second kappa shape index (κ2) is 8.31. The van der Waals surface area contributed by atoms with Crippen LogP contribution in [-0.4, -0.2) is 30.5 Å². The molecule has 0 atom stereocenters. The molecule has 0 bridgehead atoms. The second-order valence-corrected chi connectivity index (χ2v) is 5.26. The lowest BCUT2D eigenvalue weighted by Crippen LogP contribution is -2.38. The monoisotopic (exact) mass is 308 g/mol. The summed E-state index contributed by atoms with van der Waals surface area (Å²) < 4.78 is 18.2. The Bertz CT molecular complexity index is 574. The Labute approximate surface area is 127 Å². The zero-order chi connectivity index (χ0) is 14.9. The van der Waals surface area contributed by atoms with Crippen molar-refractivity contribution in [2.75, 3.05) is 19.3 Å². The van der Waals surface area contributed by atoms with E-state index in [4.69, 9.17) is 4.52 Å². The lowest BCUT2D eigenvalue weighted by atomic mass is 10.3. The van der Waals surface area contributed by atoms with Crippen LogP contribution >= 0.6 is 11.8 Å². The average Bonchev–Trinajstić information content (AvgIpc) is 3.01. The van der Waals surface area contributed by atoms with E-state index in [9.17, 15) is 4.39 Å². The maximum atomic E-state index is 13.4. The van der Waals surface area contributed by atoms with Gasteiger partial charge in [-0.05, 0) is 12.1 Å². The number of nitrogens with one attached hydrogen (secondary N) is 2. The van der Waals surface area contributed by atoms with Crippen molar-refractivity contribution in [3.05, 3.63) is 48.1 Å². The van der Waals surface area contributed by atoms with Crippen LogP contribution in [0.1, 0.15) is 5.69 Å². The molecule has 112 valence electrons. The van der Waals surface area contributed by atoms with Crippen molar-refractivity contribution in [2.45, 2.75) is 11.4 Å². The van der Waals surface area contributed by atoms with Crippen LogP contribution in [0.25, 0.3) is 0 Å². The molecule has 2 rings (SSSR count). The van der Waals surface area contributed by atoms with Crippen molar-refractivity contribution in [1.29, 1.82) is 0 Å². The molecule has 0 aliphatic rings. The molecule has 0 saturated heterocycles. The van der Waals surface area contributed by atoms with Crippen molar-refractivity contribution in [3.8, 4) is 0 Å². The van der Waals surface area contributed by atoms with Crippen LogP contribution in [-0.2, 0) is 6.54 Å². The van der Waals surface area contributed by atoms with Gasteiger partial charge in [-0.3, -0.25) is 4.99 Å². The van der Waals surface area contributed by atoms with Crippen LogP contribution < -0.4 is 10.6 Å². The minimum absolute atomic E-state index is 0.184. The van der Waals surface area contributed by atoms with Gasteiger partial charge in [0, 0.05) is 30.3 Å². The van der Waals surface area contributed by atoms with Gasteiger partial charge in [0.2, 0.25) is 0 Å². The van der Waals surface area contributed by atoms with E-state index in [-0.39, 0.29) is 5.82 Å². The number of thioether (sulfide) groups is 1. The standard InChI is InChI=1S/C14H17FN4OS/c1-16-14(18-10-11-6-8-20-19-11)17-7-9-21-13-5-3-2-4-12(13)15/h2-6,8H,7,9-10H2,1H3,(H2,16,17,18). The van der Waals surface area contributed by atoms with Crippen LogP contribution in [0.4, 0.5) is 4.39 Å². The largest absolute Gasteiger partial charge is 0.364 e. The van der Waals surface area contributed by atoms with Crippen molar-refractivity contribution in [2.24, 2.45) is 4.99 Å². The van der Waals surface area contributed by atoms with Gasteiger partial charge < -0.3 is 15.2 Å². The predicted molar refractivity (Wildman–Crippen MR) is 81.8 cm³/mol. The molecular weight excluding hydrogens is 291 g/mol. The quantitative estimate of drug-likeness (QED) is 0.371. The van der Waals surface area contributed by atoms with Crippen molar-refractivity contribution >= 4 is 17.7 Å². The molecule has 0 amide bonds. The Kier molecular flexibility index (Phi) is 6.08. The Morgan fingerprint density at radius 3 is 2.90 bits per heavy atom. The molecular formula is C14H17FN4OS. The number of aliphatic imine (C=N–C) groups is 1. The lowest BCUT2D eigenvalue weighted by molar-refractivity contribution is 0.410. The highest BCUT2D eigenvalue weighted by atomic mass is 32.2. The third-order valence-corrected chi connectivity index (χ3v) is 3.69. The lowest BCUT2D eigenvalue weighted by Gasteiger charge is -2.10. The van der Waals surface area contributed by atoms with Gasteiger partial charge in [0.1, 0.15) is 17.8 Å². The fourth-order valence-electron chi connectivity index (χ4n) is 1.62. The molecule has 5 nitrogen and oxygen atoms in total. The third-order valence-electron chi connectivity index (χ3n) is 2.64. The molecule has 0 spiro atoms. The number of benzene rings is 1. The molecule has 1 heterocycles. The van der Waals surface area contributed by atoms with Gasteiger partial charge in [-0.15, -0.1) is 11.8 Å². The number of guanidine groups is 1. The molecule has 0 saturated carbocycles. The fourth-order valence-corrected chi connectivity index (χ4v) is 2.42. The van der Waals surface area contributed by atoms with Gasteiger partial charge in [-0.2, -0.15) is 0 Å². The van der Waals surface area contributed by atoms with E-state index in [1.807, 2.05) is 6.07 Å². The summed E-state index contributed by atoms with van der Waals surface area (Å²) in [6, 6.07) is 8.55. The second-order valence-electron chi connectivity index (χ2n) is 4.12. The summed E-state index contributed by atoms with van der Waals surface area (Å²) in [5.41, 5.74) is 0.804.